The summed E-state index contributed by atoms with van der Waals surface area (Å²) in [5, 5.41) is 13.3. The second-order valence-corrected chi connectivity index (χ2v) is 7.31. The Hall–Kier alpha value is -2.65. The van der Waals surface area contributed by atoms with E-state index in [0.717, 1.165) is 37.3 Å². The number of anilines is 1. The minimum atomic E-state index is -0.214. The molecule has 0 aliphatic carbocycles. The fourth-order valence-electron chi connectivity index (χ4n) is 3.30. The van der Waals surface area contributed by atoms with Gasteiger partial charge in [-0.2, -0.15) is 10.1 Å². The maximum Gasteiger partial charge on any atom is 0.317 e. The Morgan fingerprint density at radius 1 is 1.23 bits per heavy atom. The highest BCUT2D eigenvalue weighted by molar-refractivity contribution is 5.89. The number of amides is 3. The van der Waals surface area contributed by atoms with Gasteiger partial charge < -0.3 is 15.5 Å². The number of hydrogen-bond acceptors (Lipinski definition) is 5. The largest absolute Gasteiger partial charge is 0.337 e. The van der Waals surface area contributed by atoms with Crippen molar-refractivity contribution in [1.29, 1.82) is 0 Å². The molecule has 0 radical (unpaired) electrons. The predicted octanol–water partition coefficient (Wildman–Crippen LogP) is 1.87. The first kappa shape index (κ1) is 23.6. The molecule has 3 amide bonds. The zero-order valence-corrected chi connectivity index (χ0v) is 18.2. The highest BCUT2D eigenvalue weighted by Crippen LogP contribution is 2.23. The van der Waals surface area contributed by atoms with E-state index in [9.17, 15) is 9.59 Å². The minimum Gasteiger partial charge on any atom is -0.337 e. The van der Waals surface area contributed by atoms with Crippen molar-refractivity contribution in [1.82, 2.24) is 30.3 Å². The molecule has 3 rings (SSSR count). The van der Waals surface area contributed by atoms with Crippen molar-refractivity contribution in [3.8, 4) is 0 Å². The predicted molar refractivity (Wildman–Crippen MR) is 118 cm³/mol. The molecule has 9 nitrogen and oxygen atoms in total. The van der Waals surface area contributed by atoms with Crippen LogP contribution < -0.4 is 16.0 Å². The summed E-state index contributed by atoms with van der Waals surface area (Å²) in [5.41, 5.74) is 1.05. The van der Waals surface area contributed by atoms with Crippen LogP contribution in [0.25, 0.3) is 0 Å². The molecule has 0 bridgehead atoms. The highest BCUT2D eigenvalue weighted by Gasteiger charge is 2.21. The number of nitrogens with one attached hydrogen (secondary N) is 3. The Labute approximate surface area is 183 Å². The van der Waals surface area contributed by atoms with E-state index in [0.29, 0.717) is 18.4 Å². The van der Waals surface area contributed by atoms with Crippen LogP contribution in [0.4, 0.5) is 10.7 Å². The SMILES string of the molecule is CN(Cc1ccccc1)C(=O)NCCC(=O)Nc1nc(C2CCNCC2)nn1C.Cl. The van der Waals surface area contributed by atoms with Gasteiger partial charge in [-0.15, -0.1) is 12.4 Å². The molecule has 1 aromatic carbocycles. The van der Waals surface area contributed by atoms with Gasteiger partial charge in [0.25, 0.3) is 0 Å². The van der Waals surface area contributed by atoms with Crippen molar-refractivity contribution >= 4 is 30.3 Å². The second kappa shape index (κ2) is 11.5. The minimum absolute atomic E-state index is 0. The second-order valence-electron chi connectivity index (χ2n) is 7.31. The number of aryl methyl sites for hydroxylation is 1. The molecule has 1 fully saturated rings. The number of benzene rings is 1. The number of piperidine rings is 1. The molecular formula is C20H30ClN7O2. The number of urea groups is 1. The van der Waals surface area contributed by atoms with Crippen molar-refractivity contribution in [2.45, 2.75) is 31.7 Å². The molecule has 2 aromatic rings. The summed E-state index contributed by atoms with van der Waals surface area (Å²) in [5.74, 6) is 1.34. The average molecular weight is 436 g/mol. The lowest BCUT2D eigenvalue weighted by molar-refractivity contribution is -0.116. The highest BCUT2D eigenvalue weighted by atomic mass is 35.5. The Bertz CT molecular complexity index is 822. The Balaban J connectivity index is 0.00000320. The number of halogens is 1. The first-order valence-corrected chi connectivity index (χ1v) is 9.97. The van der Waals surface area contributed by atoms with E-state index in [2.05, 4.69) is 26.0 Å². The topological polar surface area (TPSA) is 104 Å². The first-order chi connectivity index (χ1) is 14.0. The summed E-state index contributed by atoms with van der Waals surface area (Å²) in [4.78, 5) is 30.5. The van der Waals surface area contributed by atoms with E-state index in [1.165, 1.54) is 0 Å². The van der Waals surface area contributed by atoms with E-state index in [1.54, 1.807) is 23.7 Å². The summed E-state index contributed by atoms with van der Waals surface area (Å²) < 4.78 is 1.60. The molecule has 2 heterocycles. The molecule has 10 heteroatoms. The van der Waals surface area contributed by atoms with Gasteiger partial charge in [-0.25, -0.2) is 9.48 Å². The molecule has 3 N–H and O–H groups in total. The lowest BCUT2D eigenvalue weighted by Gasteiger charge is -2.19. The molecule has 30 heavy (non-hydrogen) atoms. The summed E-state index contributed by atoms with van der Waals surface area (Å²) in [6.45, 7) is 2.69. The zero-order valence-electron chi connectivity index (χ0n) is 17.4. The number of hydrogen-bond donors (Lipinski definition) is 3. The Kier molecular flexibility index (Phi) is 9.07. The van der Waals surface area contributed by atoms with Crippen LogP contribution in [0.5, 0.6) is 0 Å². The van der Waals surface area contributed by atoms with Gasteiger partial charge in [-0.1, -0.05) is 30.3 Å². The third-order valence-corrected chi connectivity index (χ3v) is 4.97. The molecule has 1 aliphatic rings. The van der Waals surface area contributed by atoms with Crippen LogP contribution in [0.15, 0.2) is 30.3 Å². The van der Waals surface area contributed by atoms with Crippen molar-refractivity contribution in [2.24, 2.45) is 7.05 Å². The summed E-state index contributed by atoms with van der Waals surface area (Å²) in [7, 11) is 3.50. The summed E-state index contributed by atoms with van der Waals surface area (Å²) in [6, 6.07) is 9.54. The molecule has 164 valence electrons. The molecule has 0 atom stereocenters. The van der Waals surface area contributed by atoms with Crippen molar-refractivity contribution in [3.05, 3.63) is 41.7 Å². The van der Waals surface area contributed by atoms with Crippen molar-refractivity contribution < 1.29 is 9.59 Å². The van der Waals surface area contributed by atoms with Gasteiger partial charge in [0.1, 0.15) is 0 Å². The number of nitrogens with zero attached hydrogens (tertiary/aromatic N) is 4. The fourth-order valence-corrected chi connectivity index (χ4v) is 3.30. The van der Waals surface area contributed by atoms with E-state index >= 15 is 0 Å². The Morgan fingerprint density at radius 2 is 1.93 bits per heavy atom. The van der Waals surface area contributed by atoms with Gasteiger partial charge in [0.05, 0.1) is 0 Å². The maximum absolute atomic E-state index is 12.2. The third-order valence-electron chi connectivity index (χ3n) is 4.97. The normalized spacial score (nSPS) is 13.9. The monoisotopic (exact) mass is 435 g/mol. The molecular weight excluding hydrogens is 406 g/mol. The van der Waals surface area contributed by atoms with Gasteiger partial charge in [-0.05, 0) is 31.5 Å². The first-order valence-electron chi connectivity index (χ1n) is 9.97. The van der Waals surface area contributed by atoms with E-state index < -0.39 is 0 Å². The van der Waals surface area contributed by atoms with Crippen LogP contribution in [0.2, 0.25) is 0 Å². The lowest BCUT2D eigenvalue weighted by Crippen LogP contribution is -2.38. The number of carbonyl (C=O) groups is 2. The van der Waals surface area contributed by atoms with Gasteiger partial charge in [0, 0.05) is 39.5 Å². The number of aromatic nitrogens is 3. The maximum atomic E-state index is 12.2. The van der Waals surface area contributed by atoms with Gasteiger partial charge in [0.2, 0.25) is 11.9 Å². The van der Waals surface area contributed by atoms with Crippen LogP contribution in [0, 0.1) is 0 Å². The van der Waals surface area contributed by atoms with Gasteiger partial charge >= 0.3 is 6.03 Å². The number of rotatable bonds is 7. The standard InChI is InChI=1S/C20H29N7O2.ClH/c1-26(14-15-6-4-3-5-7-15)20(29)22-13-10-17(28)23-19-24-18(25-27(19)2)16-8-11-21-12-9-16;/h3-7,16,21H,8-14H2,1-2H3,(H,22,29)(H,23,24,25,28);1H. The van der Waals surface area contributed by atoms with Gasteiger partial charge in [-0.3, -0.25) is 10.1 Å². The van der Waals surface area contributed by atoms with Gasteiger partial charge in [0.15, 0.2) is 5.82 Å². The molecule has 1 aliphatic heterocycles. The summed E-state index contributed by atoms with van der Waals surface area (Å²) >= 11 is 0. The van der Waals surface area contributed by atoms with Crippen LogP contribution in [-0.2, 0) is 18.4 Å². The molecule has 1 saturated heterocycles. The quantitative estimate of drug-likeness (QED) is 0.616. The Morgan fingerprint density at radius 3 is 2.63 bits per heavy atom. The van der Waals surface area contributed by atoms with E-state index in [1.807, 2.05) is 30.3 Å². The zero-order chi connectivity index (χ0) is 20.6. The van der Waals surface area contributed by atoms with Crippen molar-refractivity contribution in [3.63, 3.8) is 0 Å². The van der Waals surface area contributed by atoms with Crippen LogP contribution in [0.3, 0.4) is 0 Å². The third kappa shape index (κ3) is 6.70. The van der Waals surface area contributed by atoms with Crippen LogP contribution in [-0.4, -0.2) is 58.3 Å². The molecule has 0 saturated carbocycles. The smallest absolute Gasteiger partial charge is 0.317 e. The number of carbonyl (C=O) groups excluding carboxylic acids is 2. The fraction of sp³-hybridized carbons (Fsp3) is 0.500. The summed E-state index contributed by atoms with van der Waals surface area (Å²) in [6.07, 6.45) is 2.17. The van der Waals surface area contributed by atoms with Crippen LogP contribution in [0.1, 0.15) is 36.6 Å². The molecule has 1 aromatic heterocycles. The van der Waals surface area contributed by atoms with E-state index in [-0.39, 0.29) is 37.3 Å². The average Bonchev–Trinajstić information content (AvgIpc) is 3.09. The van der Waals surface area contributed by atoms with Crippen molar-refractivity contribution in [2.75, 3.05) is 32.0 Å². The molecule has 0 unspecified atom stereocenters. The lowest BCUT2D eigenvalue weighted by atomic mass is 9.98. The van der Waals surface area contributed by atoms with Crippen LogP contribution >= 0.6 is 12.4 Å². The van der Waals surface area contributed by atoms with E-state index in [4.69, 9.17) is 0 Å². The molecule has 0 spiro atoms.